The molecule has 0 bridgehead atoms. The maximum Gasteiger partial charge on any atom is 0.270 e. The summed E-state index contributed by atoms with van der Waals surface area (Å²) in [5, 5.41) is 0.974. The van der Waals surface area contributed by atoms with Crippen LogP contribution in [-0.4, -0.2) is 53.6 Å². The molecule has 1 aliphatic rings. The van der Waals surface area contributed by atoms with E-state index in [1.165, 1.54) is 0 Å². The van der Waals surface area contributed by atoms with Gasteiger partial charge in [-0.25, -0.2) is 8.78 Å². The van der Waals surface area contributed by atoms with E-state index in [1.807, 2.05) is 41.9 Å². The number of benzene rings is 2. The van der Waals surface area contributed by atoms with Crippen molar-refractivity contribution >= 4 is 22.6 Å². The van der Waals surface area contributed by atoms with Gasteiger partial charge >= 0.3 is 0 Å². The van der Waals surface area contributed by atoms with Crippen LogP contribution in [0.25, 0.3) is 10.9 Å². The topological polar surface area (TPSA) is 60.8 Å². The van der Waals surface area contributed by atoms with Crippen LogP contribution in [0.3, 0.4) is 0 Å². The van der Waals surface area contributed by atoms with Crippen LogP contribution in [0.4, 0.5) is 8.78 Å². The largest absolute Gasteiger partial charge is 0.485 e. The van der Waals surface area contributed by atoms with Gasteiger partial charge in [-0.3, -0.25) is 9.59 Å². The minimum atomic E-state index is -0.943. The van der Waals surface area contributed by atoms with Gasteiger partial charge in [0.05, 0.1) is 13.2 Å². The average molecular weight is 442 g/mol. The van der Waals surface area contributed by atoms with Crippen LogP contribution in [0.5, 0.6) is 5.75 Å². The van der Waals surface area contributed by atoms with E-state index in [2.05, 4.69) is 0 Å². The predicted molar refractivity (Wildman–Crippen MR) is 115 cm³/mol. The number of nitrogens with zero attached hydrogens (tertiary/aromatic N) is 2. The molecule has 168 valence electrons. The molecule has 0 saturated carbocycles. The summed E-state index contributed by atoms with van der Waals surface area (Å²) in [5.74, 6) is -2.94. The molecule has 1 fully saturated rings. The predicted octanol–water partition coefficient (Wildman–Crippen LogP) is 3.97. The van der Waals surface area contributed by atoms with Crippen molar-refractivity contribution in [2.75, 3.05) is 26.3 Å². The number of ether oxygens (including phenoxy) is 2. The van der Waals surface area contributed by atoms with Crippen LogP contribution < -0.4 is 4.74 Å². The summed E-state index contributed by atoms with van der Waals surface area (Å²) in [6.45, 7) is 2.42. The van der Waals surface area contributed by atoms with E-state index in [0.29, 0.717) is 18.8 Å². The van der Waals surface area contributed by atoms with Crippen LogP contribution >= 0.6 is 0 Å². The zero-order valence-corrected chi connectivity index (χ0v) is 17.9. The molecule has 1 amide bonds. The van der Waals surface area contributed by atoms with Gasteiger partial charge in [0, 0.05) is 36.5 Å². The fourth-order valence-corrected chi connectivity index (χ4v) is 3.90. The van der Waals surface area contributed by atoms with Gasteiger partial charge in [0.1, 0.15) is 18.4 Å². The summed E-state index contributed by atoms with van der Waals surface area (Å²) in [5.41, 5.74) is 1.48. The Morgan fingerprint density at radius 1 is 1.16 bits per heavy atom. The first-order chi connectivity index (χ1) is 15.4. The number of para-hydroxylation sites is 1. The molecule has 4 rings (SSSR count). The SMILES string of the molecule is CCC(=O)c1cc(F)c(OCC2CN(C(=O)c3cc4ccccc4n3C)CCO2)c(F)c1. The number of carbonyl (C=O) groups is 2. The van der Waals surface area contributed by atoms with Crippen molar-refractivity contribution in [2.24, 2.45) is 7.05 Å². The second-order valence-corrected chi connectivity index (χ2v) is 7.75. The lowest BCUT2D eigenvalue weighted by atomic mass is 10.1. The molecule has 1 atom stereocenters. The minimum absolute atomic E-state index is 0.0320. The molecule has 0 radical (unpaired) electrons. The van der Waals surface area contributed by atoms with E-state index in [1.54, 1.807) is 11.8 Å². The van der Waals surface area contributed by atoms with Gasteiger partial charge in [-0.2, -0.15) is 0 Å². The number of carbonyl (C=O) groups excluding carboxylic acids is 2. The smallest absolute Gasteiger partial charge is 0.270 e. The summed E-state index contributed by atoms with van der Waals surface area (Å²) >= 11 is 0. The van der Waals surface area contributed by atoms with Crippen molar-refractivity contribution in [3.05, 3.63) is 65.4 Å². The molecular formula is C24H24F2N2O4. The summed E-state index contributed by atoms with van der Waals surface area (Å²) in [7, 11) is 1.84. The van der Waals surface area contributed by atoms with E-state index in [4.69, 9.17) is 9.47 Å². The van der Waals surface area contributed by atoms with Crippen molar-refractivity contribution in [3.8, 4) is 5.75 Å². The van der Waals surface area contributed by atoms with Gasteiger partial charge in [-0.15, -0.1) is 0 Å². The monoisotopic (exact) mass is 442 g/mol. The lowest BCUT2D eigenvalue weighted by Gasteiger charge is -2.33. The van der Waals surface area contributed by atoms with E-state index < -0.39 is 23.5 Å². The number of morpholine rings is 1. The van der Waals surface area contributed by atoms with Crippen LogP contribution in [0.1, 0.15) is 34.2 Å². The third kappa shape index (κ3) is 4.23. The molecular weight excluding hydrogens is 418 g/mol. The molecule has 3 aromatic rings. The van der Waals surface area contributed by atoms with E-state index >= 15 is 0 Å². The maximum atomic E-state index is 14.3. The molecule has 1 unspecified atom stereocenters. The van der Waals surface area contributed by atoms with Crippen molar-refractivity contribution in [1.82, 2.24) is 9.47 Å². The Kier molecular flexibility index (Phi) is 6.23. The highest BCUT2D eigenvalue weighted by molar-refractivity contribution is 5.98. The highest BCUT2D eigenvalue weighted by atomic mass is 19.1. The zero-order valence-electron chi connectivity index (χ0n) is 17.9. The molecule has 0 aliphatic carbocycles. The minimum Gasteiger partial charge on any atom is -0.485 e. The molecule has 8 heteroatoms. The molecule has 0 N–H and O–H groups in total. The summed E-state index contributed by atoms with van der Waals surface area (Å²) in [6, 6.07) is 11.5. The second kappa shape index (κ2) is 9.08. The third-order valence-electron chi connectivity index (χ3n) is 5.65. The Bertz CT molecular complexity index is 1150. The van der Waals surface area contributed by atoms with E-state index in [9.17, 15) is 18.4 Å². The lowest BCUT2D eigenvalue weighted by Crippen LogP contribution is -2.48. The summed E-state index contributed by atoms with van der Waals surface area (Å²) in [6.07, 6.45) is -0.395. The maximum absolute atomic E-state index is 14.3. The zero-order chi connectivity index (χ0) is 22.8. The van der Waals surface area contributed by atoms with Crippen molar-refractivity contribution in [2.45, 2.75) is 19.4 Å². The first-order valence-electron chi connectivity index (χ1n) is 10.5. The van der Waals surface area contributed by atoms with Gasteiger partial charge in [0.25, 0.3) is 5.91 Å². The highest BCUT2D eigenvalue weighted by Gasteiger charge is 2.28. The van der Waals surface area contributed by atoms with Gasteiger partial charge in [-0.05, 0) is 24.3 Å². The van der Waals surface area contributed by atoms with Gasteiger partial charge in [-0.1, -0.05) is 25.1 Å². The standard InChI is InChI=1S/C24H24F2N2O4/c1-3-22(29)16-10-18(25)23(19(26)11-16)32-14-17-13-28(8-9-31-17)24(30)21-12-15-6-4-5-7-20(15)27(21)2/h4-7,10-12,17H,3,8-9,13-14H2,1-2H3. The number of rotatable bonds is 6. The number of halogens is 2. The Morgan fingerprint density at radius 2 is 1.88 bits per heavy atom. The molecule has 1 aliphatic heterocycles. The quantitative estimate of drug-likeness (QED) is 0.542. The fraction of sp³-hybridized carbons (Fsp3) is 0.333. The number of aryl methyl sites for hydroxylation is 1. The van der Waals surface area contributed by atoms with Crippen molar-refractivity contribution < 1.29 is 27.8 Å². The molecule has 0 spiro atoms. The van der Waals surface area contributed by atoms with Crippen molar-refractivity contribution in [3.63, 3.8) is 0 Å². The molecule has 1 saturated heterocycles. The van der Waals surface area contributed by atoms with Crippen LogP contribution in [0.15, 0.2) is 42.5 Å². The number of amides is 1. The first kappa shape index (κ1) is 22.0. The number of aromatic nitrogens is 1. The highest BCUT2D eigenvalue weighted by Crippen LogP contribution is 2.25. The molecule has 32 heavy (non-hydrogen) atoms. The molecule has 6 nitrogen and oxygen atoms in total. The number of ketones is 1. The Morgan fingerprint density at radius 3 is 2.56 bits per heavy atom. The molecule has 2 aromatic carbocycles. The number of hydrogen-bond acceptors (Lipinski definition) is 4. The number of fused-ring (bicyclic) bond motifs is 1. The average Bonchev–Trinajstić information content (AvgIpc) is 3.14. The van der Waals surface area contributed by atoms with Crippen LogP contribution in [0.2, 0.25) is 0 Å². The first-order valence-corrected chi connectivity index (χ1v) is 10.5. The van der Waals surface area contributed by atoms with Gasteiger partial charge < -0.3 is 18.9 Å². The summed E-state index contributed by atoms with van der Waals surface area (Å²) in [4.78, 5) is 26.5. The van der Waals surface area contributed by atoms with Gasteiger partial charge in [0.15, 0.2) is 23.2 Å². The number of Topliss-reactive ketones (excluding diaryl/α,β-unsaturated/α-hetero) is 1. The van der Waals surface area contributed by atoms with E-state index in [0.717, 1.165) is 23.0 Å². The number of hydrogen-bond donors (Lipinski definition) is 0. The van der Waals surface area contributed by atoms with Gasteiger partial charge in [0.2, 0.25) is 0 Å². The fourth-order valence-electron chi connectivity index (χ4n) is 3.90. The van der Waals surface area contributed by atoms with Crippen LogP contribution in [-0.2, 0) is 11.8 Å². The third-order valence-corrected chi connectivity index (χ3v) is 5.65. The Labute approximate surface area is 184 Å². The Balaban J connectivity index is 1.44. The van der Waals surface area contributed by atoms with Crippen molar-refractivity contribution in [1.29, 1.82) is 0 Å². The van der Waals surface area contributed by atoms with E-state index in [-0.39, 0.29) is 36.8 Å². The molecule has 2 heterocycles. The second-order valence-electron chi connectivity index (χ2n) is 7.75. The lowest BCUT2D eigenvalue weighted by molar-refractivity contribution is -0.0412. The van der Waals surface area contributed by atoms with Crippen LogP contribution in [0, 0.1) is 11.6 Å². The summed E-state index contributed by atoms with van der Waals surface area (Å²) < 4.78 is 41.5. The molecule has 1 aromatic heterocycles. The Hall–Kier alpha value is -3.26. The normalized spacial score (nSPS) is 16.4.